The number of hydrogen-bond acceptors (Lipinski definition) is 2. The van der Waals surface area contributed by atoms with Crippen molar-refractivity contribution in [3.05, 3.63) is 0 Å². The van der Waals surface area contributed by atoms with Crippen LogP contribution in [-0.4, -0.2) is 24.8 Å². The minimum absolute atomic E-state index is 0.108. The van der Waals surface area contributed by atoms with E-state index in [1.54, 1.807) is 0 Å². The minimum Gasteiger partial charge on any atom is -0.374 e. The standard InChI is InChI=1S/C17H31NO/c1-3-8-18-16(17(2)7-4-9-19-17)12-15-11-13-5-6-14(15)10-13/h13-16,18H,3-12H2,1-2H3. The Hall–Kier alpha value is -0.0800. The van der Waals surface area contributed by atoms with E-state index in [-0.39, 0.29) is 5.60 Å². The molecular weight excluding hydrogens is 234 g/mol. The summed E-state index contributed by atoms with van der Waals surface area (Å²) in [5.74, 6) is 3.09. The second-order valence-electron chi connectivity index (χ2n) is 7.44. The summed E-state index contributed by atoms with van der Waals surface area (Å²) >= 11 is 0. The molecule has 0 aromatic carbocycles. The molecule has 0 amide bonds. The average molecular weight is 265 g/mol. The maximum Gasteiger partial charge on any atom is 0.0807 e. The van der Waals surface area contributed by atoms with Crippen molar-refractivity contribution in [1.82, 2.24) is 5.32 Å². The topological polar surface area (TPSA) is 21.3 Å². The third-order valence-electron chi connectivity index (χ3n) is 6.05. The zero-order chi connectivity index (χ0) is 13.3. The molecular formula is C17H31NO. The quantitative estimate of drug-likeness (QED) is 0.789. The van der Waals surface area contributed by atoms with Gasteiger partial charge in [0.1, 0.15) is 0 Å². The van der Waals surface area contributed by atoms with Crippen molar-refractivity contribution in [1.29, 1.82) is 0 Å². The zero-order valence-electron chi connectivity index (χ0n) is 12.8. The number of rotatable bonds is 6. The van der Waals surface area contributed by atoms with Gasteiger partial charge in [0.25, 0.3) is 0 Å². The first-order chi connectivity index (χ1) is 9.21. The Morgan fingerprint density at radius 3 is 2.79 bits per heavy atom. The highest BCUT2D eigenvalue weighted by Gasteiger charge is 2.44. The van der Waals surface area contributed by atoms with Gasteiger partial charge >= 0.3 is 0 Å². The molecule has 110 valence electrons. The van der Waals surface area contributed by atoms with Crippen LogP contribution >= 0.6 is 0 Å². The Morgan fingerprint density at radius 2 is 2.21 bits per heavy atom. The van der Waals surface area contributed by atoms with Crippen LogP contribution in [0.3, 0.4) is 0 Å². The Kier molecular flexibility index (Phi) is 4.19. The highest BCUT2D eigenvalue weighted by Crippen LogP contribution is 2.50. The fourth-order valence-corrected chi connectivity index (χ4v) is 4.91. The second-order valence-corrected chi connectivity index (χ2v) is 7.44. The van der Waals surface area contributed by atoms with E-state index in [0.717, 1.165) is 30.9 Å². The lowest BCUT2D eigenvalue weighted by Gasteiger charge is -2.37. The van der Waals surface area contributed by atoms with Crippen LogP contribution in [0.4, 0.5) is 0 Å². The molecule has 2 bridgehead atoms. The van der Waals surface area contributed by atoms with Gasteiger partial charge in [-0.15, -0.1) is 0 Å². The van der Waals surface area contributed by atoms with Crippen LogP contribution in [0.15, 0.2) is 0 Å². The highest BCUT2D eigenvalue weighted by molar-refractivity contribution is 4.98. The highest BCUT2D eigenvalue weighted by atomic mass is 16.5. The summed E-state index contributed by atoms with van der Waals surface area (Å²) in [4.78, 5) is 0. The first-order valence-electron chi connectivity index (χ1n) is 8.58. The molecule has 1 N–H and O–H groups in total. The molecule has 2 aliphatic carbocycles. The van der Waals surface area contributed by atoms with Crippen LogP contribution < -0.4 is 5.32 Å². The Bertz CT molecular complexity index is 298. The van der Waals surface area contributed by atoms with Gasteiger partial charge in [0, 0.05) is 12.6 Å². The van der Waals surface area contributed by atoms with Gasteiger partial charge in [-0.2, -0.15) is 0 Å². The normalized spacial score (nSPS) is 42.9. The van der Waals surface area contributed by atoms with E-state index in [4.69, 9.17) is 4.74 Å². The van der Waals surface area contributed by atoms with Gasteiger partial charge in [-0.25, -0.2) is 0 Å². The third-order valence-corrected chi connectivity index (χ3v) is 6.05. The molecule has 1 aliphatic heterocycles. The van der Waals surface area contributed by atoms with E-state index in [1.165, 1.54) is 51.4 Å². The lowest BCUT2D eigenvalue weighted by Crippen LogP contribution is -2.50. The predicted octanol–water partition coefficient (Wildman–Crippen LogP) is 3.75. The summed E-state index contributed by atoms with van der Waals surface area (Å²) < 4.78 is 6.13. The van der Waals surface area contributed by atoms with Crippen LogP contribution in [0.5, 0.6) is 0 Å². The van der Waals surface area contributed by atoms with E-state index < -0.39 is 0 Å². The maximum absolute atomic E-state index is 6.13. The molecule has 2 nitrogen and oxygen atoms in total. The van der Waals surface area contributed by atoms with Crippen molar-refractivity contribution >= 4 is 0 Å². The van der Waals surface area contributed by atoms with Gasteiger partial charge in [-0.3, -0.25) is 0 Å². The predicted molar refractivity (Wildman–Crippen MR) is 79.2 cm³/mol. The molecule has 5 atom stereocenters. The number of fused-ring (bicyclic) bond motifs is 2. The number of ether oxygens (including phenoxy) is 1. The number of hydrogen-bond donors (Lipinski definition) is 1. The largest absolute Gasteiger partial charge is 0.374 e. The molecule has 1 saturated heterocycles. The fourth-order valence-electron chi connectivity index (χ4n) is 4.91. The van der Waals surface area contributed by atoms with Crippen molar-refractivity contribution in [3.8, 4) is 0 Å². The van der Waals surface area contributed by atoms with Gasteiger partial charge in [-0.05, 0) is 76.2 Å². The maximum atomic E-state index is 6.13. The van der Waals surface area contributed by atoms with Crippen molar-refractivity contribution in [2.75, 3.05) is 13.2 Å². The second kappa shape index (κ2) is 5.73. The molecule has 5 unspecified atom stereocenters. The molecule has 0 aromatic rings. The van der Waals surface area contributed by atoms with Gasteiger partial charge < -0.3 is 10.1 Å². The summed E-state index contributed by atoms with van der Waals surface area (Å²) in [6.45, 7) is 6.72. The molecule has 0 radical (unpaired) electrons. The van der Waals surface area contributed by atoms with Crippen molar-refractivity contribution < 1.29 is 4.74 Å². The SMILES string of the molecule is CCCNC(CC1CC2CCC1C2)C1(C)CCCO1. The molecule has 3 aliphatic rings. The van der Waals surface area contributed by atoms with E-state index in [9.17, 15) is 0 Å². The van der Waals surface area contributed by atoms with E-state index >= 15 is 0 Å². The summed E-state index contributed by atoms with van der Waals surface area (Å²) in [6, 6.07) is 0.583. The van der Waals surface area contributed by atoms with E-state index in [1.807, 2.05) is 0 Å². The van der Waals surface area contributed by atoms with Crippen LogP contribution in [0, 0.1) is 17.8 Å². The van der Waals surface area contributed by atoms with Crippen molar-refractivity contribution in [3.63, 3.8) is 0 Å². The first kappa shape index (κ1) is 13.9. The Morgan fingerprint density at radius 1 is 1.32 bits per heavy atom. The zero-order valence-corrected chi connectivity index (χ0v) is 12.8. The fraction of sp³-hybridized carbons (Fsp3) is 1.00. The molecule has 19 heavy (non-hydrogen) atoms. The lowest BCUT2D eigenvalue weighted by molar-refractivity contribution is -0.0202. The van der Waals surface area contributed by atoms with Gasteiger partial charge in [-0.1, -0.05) is 13.3 Å². The summed E-state index contributed by atoms with van der Waals surface area (Å²) in [6.07, 6.45) is 11.1. The van der Waals surface area contributed by atoms with E-state index in [2.05, 4.69) is 19.2 Å². The van der Waals surface area contributed by atoms with Gasteiger partial charge in [0.15, 0.2) is 0 Å². The van der Waals surface area contributed by atoms with Crippen molar-refractivity contribution in [2.24, 2.45) is 17.8 Å². The Labute approximate surface area is 118 Å². The molecule has 3 fully saturated rings. The smallest absolute Gasteiger partial charge is 0.0807 e. The van der Waals surface area contributed by atoms with Crippen molar-refractivity contribution in [2.45, 2.75) is 76.9 Å². The molecule has 3 rings (SSSR count). The minimum atomic E-state index is 0.108. The molecule has 2 heteroatoms. The Balaban J connectivity index is 1.62. The van der Waals surface area contributed by atoms with Crippen LogP contribution in [0.25, 0.3) is 0 Å². The summed E-state index contributed by atoms with van der Waals surface area (Å²) in [5, 5.41) is 3.81. The van der Waals surface area contributed by atoms with Crippen LogP contribution in [-0.2, 0) is 4.74 Å². The molecule has 0 spiro atoms. The number of nitrogens with one attached hydrogen (secondary N) is 1. The van der Waals surface area contributed by atoms with E-state index in [0.29, 0.717) is 6.04 Å². The van der Waals surface area contributed by atoms with Gasteiger partial charge in [0.2, 0.25) is 0 Å². The monoisotopic (exact) mass is 265 g/mol. The summed E-state index contributed by atoms with van der Waals surface area (Å²) in [7, 11) is 0. The first-order valence-corrected chi connectivity index (χ1v) is 8.58. The third kappa shape index (κ3) is 2.85. The summed E-state index contributed by atoms with van der Waals surface area (Å²) in [5.41, 5.74) is 0.108. The molecule has 2 saturated carbocycles. The van der Waals surface area contributed by atoms with Crippen LogP contribution in [0.1, 0.15) is 65.2 Å². The molecule has 0 aromatic heterocycles. The average Bonchev–Trinajstić information content (AvgIpc) is 3.11. The lowest BCUT2D eigenvalue weighted by atomic mass is 9.79. The van der Waals surface area contributed by atoms with Gasteiger partial charge in [0.05, 0.1) is 5.60 Å². The van der Waals surface area contributed by atoms with Crippen LogP contribution in [0.2, 0.25) is 0 Å². The molecule has 1 heterocycles.